The van der Waals surface area contributed by atoms with Crippen LogP contribution in [0.15, 0.2) is 52.8 Å². The standard InChI is InChI=1S/C25H28N4O8/c1-5-36-24(32)22-14(2)27-25(33)28-23(22)16-7-9-19(20(11-16)35-4)37-13-21(31)29-26-12-15-6-8-18(34-3)17(30)10-15/h6-12,23,30H,5,13H2,1-4H3,(H,29,31)(H2,27,28,33)/b26-12-/t23-/m1/s1. The molecule has 3 amide bonds. The Labute approximate surface area is 213 Å². The summed E-state index contributed by atoms with van der Waals surface area (Å²) in [6.07, 6.45) is 1.36. The van der Waals surface area contributed by atoms with E-state index >= 15 is 0 Å². The van der Waals surface area contributed by atoms with Crippen molar-refractivity contribution >= 4 is 24.1 Å². The van der Waals surface area contributed by atoms with Gasteiger partial charge in [-0.25, -0.2) is 15.0 Å². The first-order valence-corrected chi connectivity index (χ1v) is 11.2. The molecule has 4 N–H and O–H groups in total. The maximum Gasteiger partial charge on any atom is 0.338 e. The van der Waals surface area contributed by atoms with Crippen LogP contribution in [0.25, 0.3) is 0 Å². The molecule has 1 aliphatic rings. The van der Waals surface area contributed by atoms with Crippen molar-refractivity contribution in [2.75, 3.05) is 27.4 Å². The smallest absolute Gasteiger partial charge is 0.338 e. The molecule has 0 radical (unpaired) electrons. The number of ether oxygens (including phenoxy) is 4. The van der Waals surface area contributed by atoms with E-state index in [1.807, 2.05) is 0 Å². The quantitative estimate of drug-likeness (QED) is 0.214. The maximum absolute atomic E-state index is 12.5. The van der Waals surface area contributed by atoms with Gasteiger partial charge in [-0.1, -0.05) is 6.07 Å². The number of methoxy groups -OCH3 is 2. The van der Waals surface area contributed by atoms with E-state index in [1.54, 1.807) is 44.2 Å². The van der Waals surface area contributed by atoms with E-state index in [0.29, 0.717) is 22.6 Å². The van der Waals surface area contributed by atoms with Crippen molar-refractivity contribution in [3.8, 4) is 23.0 Å². The van der Waals surface area contributed by atoms with Crippen molar-refractivity contribution < 1.29 is 38.4 Å². The van der Waals surface area contributed by atoms with Crippen molar-refractivity contribution in [3.05, 3.63) is 58.8 Å². The van der Waals surface area contributed by atoms with Gasteiger partial charge in [0, 0.05) is 5.70 Å². The number of hydrogen-bond acceptors (Lipinski definition) is 9. The summed E-state index contributed by atoms with van der Waals surface area (Å²) in [7, 11) is 2.87. The Balaban J connectivity index is 1.67. The fourth-order valence-corrected chi connectivity index (χ4v) is 3.55. The fourth-order valence-electron chi connectivity index (χ4n) is 3.55. The minimum atomic E-state index is -0.772. The van der Waals surface area contributed by atoms with Crippen molar-refractivity contribution in [2.24, 2.45) is 5.10 Å². The molecule has 0 saturated carbocycles. The highest BCUT2D eigenvalue weighted by Gasteiger charge is 2.32. The molecule has 0 fully saturated rings. The lowest BCUT2D eigenvalue weighted by Crippen LogP contribution is -2.45. The second kappa shape index (κ2) is 12.3. The number of benzene rings is 2. The lowest BCUT2D eigenvalue weighted by atomic mass is 9.95. The number of hydrogen-bond donors (Lipinski definition) is 4. The summed E-state index contributed by atoms with van der Waals surface area (Å²) in [6.45, 7) is 3.13. The van der Waals surface area contributed by atoms with E-state index < -0.39 is 23.9 Å². The number of phenolic OH excluding ortho intramolecular Hbond substituents is 1. The van der Waals surface area contributed by atoms with E-state index in [9.17, 15) is 19.5 Å². The number of esters is 1. The number of carbonyl (C=O) groups is 3. The SMILES string of the molecule is CCOC(=O)C1=C(C)NC(=O)N[C@@H]1c1ccc(OCC(=O)N/N=C\c2ccc(OC)c(O)c2)c(OC)c1. The largest absolute Gasteiger partial charge is 0.504 e. The van der Waals surface area contributed by atoms with Gasteiger partial charge in [0.2, 0.25) is 0 Å². The summed E-state index contributed by atoms with van der Waals surface area (Å²) in [6, 6.07) is 8.24. The van der Waals surface area contributed by atoms with Crippen LogP contribution >= 0.6 is 0 Å². The Bertz CT molecular complexity index is 1240. The molecule has 0 saturated heterocycles. The summed E-state index contributed by atoms with van der Waals surface area (Å²) in [5.41, 5.74) is 4.08. The third-order valence-corrected chi connectivity index (χ3v) is 5.25. The Morgan fingerprint density at radius 2 is 1.84 bits per heavy atom. The van der Waals surface area contributed by atoms with Gasteiger partial charge in [-0.15, -0.1) is 0 Å². The Hall–Kier alpha value is -4.74. The molecule has 1 aliphatic heterocycles. The highest BCUT2D eigenvalue weighted by Crippen LogP contribution is 2.34. The molecule has 0 aromatic heterocycles. The Morgan fingerprint density at radius 3 is 2.51 bits per heavy atom. The van der Waals surface area contributed by atoms with Gasteiger partial charge in [0.25, 0.3) is 5.91 Å². The second-order valence-electron chi connectivity index (χ2n) is 7.71. The van der Waals surface area contributed by atoms with Gasteiger partial charge in [0.1, 0.15) is 0 Å². The number of nitrogens with zero attached hydrogens (tertiary/aromatic N) is 1. The van der Waals surface area contributed by atoms with Gasteiger partial charge in [-0.2, -0.15) is 5.10 Å². The molecular weight excluding hydrogens is 484 g/mol. The first-order valence-electron chi connectivity index (χ1n) is 11.2. The monoisotopic (exact) mass is 512 g/mol. The molecule has 2 aromatic rings. The van der Waals surface area contributed by atoms with Crippen LogP contribution in [0.1, 0.15) is 31.0 Å². The predicted octanol–water partition coefficient (Wildman–Crippen LogP) is 2.13. The molecule has 12 heteroatoms. The summed E-state index contributed by atoms with van der Waals surface area (Å²) in [4.78, 5) is 36.8. The number of rotatable bonds is 10. The van der Waals surface area contributed by atoms with Crippen molar-refractivity contribution in [3.63, 3.8) is 0 Å². The summed E-state index contributed by atoms with van der Waals surface area (Å²) in [5.74, 6) is -0.269. The van der Waals surface area contributed by atoms with Crippen LogP contribution < -0.4 is 30.3 Å². The van der Waals surface area contributed by atoms with E-state index in [2.05, 4.69) is 21.2 Å². The van der Waals surface area contributed by atoms with Crippen LogP contribution in [0.2, 0.25) is 0 Å². The third-order valence-electron chi connectivity index (χ3n) is 5.25. The first-order chi connectivity index (χ1) is 17.8. The van der Waals surface area contributed by atoms with Crippen molar-refractivity contribution in [1.29, 1.82) is 0 Å². The zero-order valence-electron chi connectivity index (χ0n) is 20.8. The van der Waals surface area contributed by atoms with Gasteiger partial charge in [-0.3, -0.25) is 4.79 Å². The van der Waals surface area contributed by atoms with E-state index in [-0.39, 0.29) is 36.0 Å². The topological polar surface area (TPSA) is 157 Å². The molecule has 1 atom stereocenters. The number of phenols is 1. The van der Waals surface area contributed by atoms with Crippen LogP contribution in [0.5, 0.6) is 23.0 Å². The number of carbonyl (C=O) groups excluding carboxylic acids is 3. The molecule has 12 nitrogen and oxygen atoms in total. The Morgan fingerprint density at radius 1 is 1.11 bits per heavy atom. The summed E-state index contributed by atoms with van der Waals surface area (Å²) < 4.78 is 21.1. The number of amides is 3. The Kier molecular flexibility index (Phi) is 8.92. The average molecular weight is 513 g/mol. The fraction of sp³-hybridized carbons (Fsp3) is 0.280. The predicted molar refractivity (Wildman–Crippen MR) is 133 cm³/mol. The van der Waals surface area contributed by atoms with Crippen molar-refractivity contribution in [1.82, 2.24) is 16.1 Å². The number of hydrazone groups is 1. The van der Waals surface area contributed by atoms with Crippen LogP contribution in [0.3, 0.4) is 0 Å². The molecule has 196 valence electrons. The van der Waals surface area contributed by atoms with Crippen LogP contribution in [-0.4, -0.2) is 56.7 Å². The number of allylic oxidation sites excluding steroid dienone is 1. The number of nitrogens with one attached hydrogen (secondary N) is 3. The molecule has 37 heavy (non-hydrogen) atoms. The number of urea groups is 1. The average Bonchev–Trinajstić information content (AvgIpc) is 2.87. The molecule has 2 aromatic carbocycles. The zero-order valence-corrected chi connectivity index (χ0v) is 20.8. The van der Waals surface area contributed by atoms with E-state index in [1.165, 1.54) is 26.5 Å². The summed E-state index contributed by atoms with van der Waals surface area (Å²) in [5, 5.41) is 18.9. The lowest BCUT2D eigenvalue weighted by Gasteiger charge is -2.28. The molecule has 0 spiro atoms. The van der Waals surface area contributed by atoms with Gasteiger partial charge < -0.3 is 34.7 Å². The first kappa shape index (κ1) is 26.9. The van der Waals surface area contributed by atoms with Crippen LogP contribution in [0.4, 0.5) is 4.79 Å². The summed E-state index contributed by atoms with van der Waals surface area (Å²) >= 11 is 0. The minimum Gasteiger partial charge on any atom is -0.504 e. The van der Waals surface area contributed by atoms with Gasteiger partial charge >= 0.3 is 12.0 Å². The minimum absolute atomic E-state index is 0.0549. The maximum atomic E-state index is 12.5. The van der Waals surface area contributed by atoms with E-state index in [0.717, 1.165) is 0 Å². The highest BCUT2D eigenvalue weighted by molar-refractivity contribution is 5.95. The molecule has 0 aliphatic carbocycles. The van der Waals surface area contributed by atoms with E-state index in [4.69, 9.17) is 18.9 Å². The second-order valence-corrected chi connectivity index (χ2v) is 7.71. The highest BCUT2D eigenvalue weighted by atomic mass is 16.5. The molecule has 0 bridgehead atoms. The number of aromatic hydroxyl groups is 1. The van der Waals surface area contributed by atoms with Gasteiger partial charge in [0.05, 0.1) is 38.7 Å². The molecule has 1 heterocycles. The third kappa shape index (κ3) is 6.69. The van der Waals surface area contributed by atoms with Gasteiger partial charge in [-0.05, 0) is 55.3 Å². The lowest BCUT2D eigenvalue weighted by molar-refractivity contribution is -0.139. The normalized spacial score (nSPS) is 15.0. The molecule has 0 unspecified atom stereocenters. The van der Waals surface area contributed by atoms with Crippen molar-refractivity contribution in [2.45, 2.75) is 19.9 Å². The van der Waals surface area contributed by atoms with Gasteiger partial charge in [0.15, 0.2) is 29.6 Å². The zero-order chi connectivity index (χ0) is 26.9. The molecular formula is C25H28N4O8. The molecule has 3 rings (SSSR count). The van der Waals surface area contributed by atoms with Crippen LogP contribution in [-0.2, 0) is 14.3 Å². The van der Waals surface area contributed by atoms with Crippen LogP contribution in [0, 0.1) is 0 Å².